The normalized spacial score (nSPS) is 20.7. The SMILES string of the molecule is CCCCCC1CCC(OC(F)(F)c2c(C)cc(OCC)c(F)c2F)CC1. The van der Waals surface area contributed by atoms with Gasteiger partial charge in [-0.2, -0.15) is 13.2 Å². The van der Waals surface area contributed by atoms with Crippen LogP contribution < -0.4 is 4.74 Å². The van der Waals surface area contributed by atoms with E-state index in [0.717, 1.165) is 31.7 Å². The summed E-state index contributed by atoms with van der Waals surface area (Å²) in [4.78, 5) is 0. The van der Waals surface area contributed by atoms with Crippen LogP contribution in [0.3, 0.4) is 0 Å². The molecule has 0 radical (unpaired) electrons. The highest BCUT2D eigenvalue weighted by molar-refractivity contribution is 5.39. The molecule has 0 aliphatic heterocycles. The lowest BCUT2D eigenvalue weighted by molar-refractivity contribution is -0.279. The van der Waals surface area contributed by atoms with Gasteiger partial charge in [0.1, 0.15) is 0 Å². The molecule has 1 aromatic rings. The molecule has 1 aromatic carbocycles. The van der Waals surface area contributed by atoms with E-state index in [1.165, 1.54) is 19.8 Å². The Morgan fingerprint density at radius 3 is 2.30 bits per heavy atom. The summed E-state index contributed by atoms with van der Waals surface area (Å²) in [5.74, 6) is -2.82. The Morgan fingerprint density at radius 2 is 1.70 bits per heavy atom. The molecule has 0 spiro atoms. The number of benzene rings is 1. The van der Waals surface area contributed by atoms with E-state index in [1.54, 1.807) is 6.92 Å². The van der Waals surface area contributed by atoms with E-state index in [0.29, 0.717) is 18.8 Å². The van der Waals surface area contributed by atoms with E-state index in [2.05, 4.69) is 6.92 Å². The van der Waals surface area contributed by atoms with Crippen LogP contribution in [-0.2, 0) is 10.8 Å². The smallest absolute Gasteiger partial charge is 0.386 e. The zero-order valence-electron chi connectivity index (χ0n) is 16.4. The lowest BCUT2D eigenvalue weighted by Gasteiger charge is -2.32. The lowest BCUT2D eigenvalue weighted by atomic mass is 9.84. The summed E-state index contributed by atoms with van der Waals surface area (Å²) in [6, 6.07) is 1.10. The second-order valence-corrected chi connectivity index (χ2v) is 7.40. The first kappa shape index (κ1) is 22.0. The van der Waals surface area contributed by atoms with Gasteiger partial charge in [0.25, 0.3) is 0 Å². The summed E-state index contributed by atoms with van der Waals surface area (Å²) in [5.41, 5.74) is -1.12. The van der Waals surface area contributed by atoms with Crippen molar-refractivity contribution in [1.82, 2.24) is 0 Å². The minimum absolute atomic E-state index is 0.0874. The Kier molecular flexibility index (Phi) is 7.95. The van der Waals surface area contributed by atoms with Crippen LogP contribution in [0.4, 0.5) is 17.6 Å². The Balaban J connectivity index is 2.04. The molecule has 6 heteroatoms. The van der Waals surface area contributed by atoms with Gasteiger partial charge in [0.15, 0.2) is 11.6 Å². The van der Waals surface area contributed by atoms with Crippen molar-refractivity contribution in [1.29, 1.82) is 0 Å². The molecule has 1 saturated carbocycles. The highest BCUT2D eigenvalue weighted by atomic mass is 19.3. The van der Waals surface area contributed by atoms with Gasteiger partial charge < -0.3 is 9.47 Å². The Hall–Kier alpha value is -1.30. The summed E-state index contributed by atoms with van der Waals surface area (Å²) < 4.78 is 67.6. The van der Waals surface area contributed by atoms with Gasteiger partial charge in [-0.1, -0.05) is 32.6 Å². The molecule has 154 valence electrons. The van der Waals surface area contributed by atoms with Crippen molar-refractivity contribution >= 4 is 0 Å². The predicted octanol–water partition coefficient (Wildman–Crippen LogP) is 6.88. The second-order valence-electron chi connectivity index (χ2n) is 7.40. The van der Waals surface area contributed by atoms with Crippen LogP contribution >= 0.6 is 0 Å². The monoisotopic (exact) mass is 390 g/mol. The summed E-state index contributed by atoms with van der Waals surface area (Å²) in [6.07, 6.45) is 2.83. The zero-order valence-corrected chi connectivity index (χ0v) is 16.4. The summed E-state index contributed by atoms with van der Waals surface area (Å²) in [6.45, 7) is 5.18. The molecule has 0 heterocycles. The van der Waals surface area contributed by atoms with E-state index < -0.39 is 29.4 Å². The molecule has 0 N–H and O–H groups in total. The van der Waals surface area contributed by atoms with Gasteiger partial charge in [0, 0.05) is 0 Å². The van der Waals surface area contributed by atoms with Crippen LogP contribution in [0, 0.1) is 24.5 Å². The maximum atomic E-state index is 14.6. The maximum absolute atomic E-state index is 14.6. The number of aryl methyl sites for hydroxylation is 1. The fourth-order valence-electron chi connectivity index (χ4n) is 3.83. The van der Waals surface area contributed by atoms with Gasteiger partial charge in [-0.25, -0.2) is 4.39 Å². The fourth-order valence-corrected chi connectivity index (χ4v) is 3.83. The van der Waals surface area contributed by atoms with E-state index in [-0.39, 0.29) is 17.9 Å². The van der Waals surface area contributed by atoms with Gasteiger partial charge in [0.05, 0.1) is 18.3 Å². The topological polar surface area (TPSA) is 18.5 Å². The number of halogens is 4. The molecule has 1 fully saturated rings. The third-order valence-corrected chi connectivity index (χ3v) is 5.29. The molecule has 2 rings (SSSR count). The quantitative estimate of drug-likeness (QED) is 0.338. The Bertz CT molecular complexity index is 611. The molecular weight excluding hydrogens is 360 g/mol. The standard InChI is InChI=1S/C21H30F4O2/c1-4-6-7-8-15-9-11-16(12-10-15)27-21(24,25)18-14(3)13-17(26-5-2)19(22)20(18)23/h13,15-16H,4-12H2,1-3H3. The fraction of sp³-hybridized carbons (Fsp3) is 0.714. The average Bonchev–Trinajstić information content (AvgIpc) is 2.61. The third-order valence-electron chi connectivity index (χ3n) is 5.29. The van der Waals surface area contributed by atoms with Gasteiger partial charge in [-0.3, -0.25) is 0 Å². The first-order valence-electron chi connectivity index (χ1n) is 9.97. The maximum Gasteiger partial charge on any atom is 0.386 e. The lowest BCUT2D eigenvalue weighted by Crippen LogP contribution is -2.31. The number of unbranched alkanes of at least 4 members (excludes halogenated alkanes) is 2. The Labute approximate surface area is 159 Å². The second kappa shape index (κ2) is 9.76. The van der Waals surface area contributed by atoms with Crippen LogP contribution in [0.2, 0.25) is 0 Å². The van der Waals surface area contributed by atoms with Gasteiger partial charge in [0.2, 0.25) is 5.82 Å². The van der Waals surface area contributed by atoms with Crippen molar-refractivity contribution < 1.29 is 27.0 Å². The molecule has 0 aromatic heterocycles. The van der Waals surface area contributed by atoms with Crippen LogP contribution in [0.1, 0.15) is 76.3 Å². The minimum atomic E-state index is -3.88. The average molecular weight is 390 g/mol. The molecule has 0 unspecified atom stereocenters. The molecule has 0 amide bonds. The summed E-state index contributed by atoms with van der Waals surface area (Å²) in [5, 5.41) is 0. The number of ether oxygens (including phenoxy) is 2. The number of hydrogen-bond acceptors (Lipinski definition) is 2. The van der Waals surface area contributed by atoms with Gasteiger partial charge in [-0.05, 0) is 57.1 Å². The predicted molar refractivity (Wildman–Crippen MR) is 97.1 cm³/mol. The van der Waals surface area contributed by atoms with Gasteiger partial charge >= 0.3 is 6.11 Å². The Morgan fingerprint density at radius 1 is 1.04 bits per heavy atom. The van der Waals surface area contributed by atoms with E-state index >= 15 is 0 Å². The molecule has 0 atom stereocenters. The highest BCUT2D eigenvalue weighted by Crippen LogP contribution is 2.41. The number of alkyl halides is 2. The summed E-state index contributed by atoms with van der Waals surface area (Å²) in [7, 11) is 0. The minimum Gasteiger partial charge on any atom is -0.491 e. The molecule has 1 aliphatic carbocycles. The van der Waals surface area contributed by atoms with Crippen molar-refractivity contribution in [2.45, 2.75) is 84.4 Å². The van der Waals surface area contributed by atoms with E-state index in [1.807, 2.05) is 0 Å². The molecule has 0 bridgehead atoms. The first-order chi connectivity index (χ1) is 12.8. The van der Waals surface area contributed by atoms with Crippen molar-refractivity contribution in [3.8, 4) is 5.75 Å². The highest BCUT2D eigenvalue weighted by Gasteiger charge is 2.42. The molecule has 1 aliphatic rings. The van der Waals surface area contributed by atoms with Crippen LogP contribution in [-0.4, -0.2) is 12.7 Å². The summed E-state index contributed by atoms with van der Waals surface area (Å²) >= 11 is 0. The van der Waals surface area contributed by atoms with Crippen molar-refractivity contribution in [2.24, 2.45) is 5.92 Å². The molecule has 2 nitrogen and oxygen atoms in total. The van der Waals surface area contributed by atoms with Crippen molar-refractivity contribution in [3.63, 3.8) is 0 Å². The molecular formula is C21H30F4O2. The molecule has 0 saturated heterocycles. The molecule has 27 heavy (non-hydrogen) atoms. The first-order valence-corrected chi connectivity index (χ1v) is 9.97. The van der Waals surface area contributed by atoms with Crippen molar-refractivity contribution in [3.05, 3.63) is 28.8 Å². The van der Waals surface area contributed by atoms with E-state index in [9.17, 15) is 17.6 Å². The van der Waals surface area contributed by atoms with Crippen molar-refractivity contribution in [2.75, 3.05) is 6.61 Å². The van der Waals surface area contributed by atoms with Crippen LogP contribution in [0.5, 0.6) is 5.75 Å². The number of hydrogen-bond donors (Lipinski definition) is 0. The largest absolute Gasteiger partial charge is 0.491 e. The van der Waals surface area contributed by atoms with Crippen LogP contribution in [0.15, 0.2) is 6.07 Å². The third kappa shape index (κ3) is 5.59. The van der Waals surface area contributed by atoms with Gasteiger partial charge in [-0.15, -0.1) is 0 Å². The van der Waals surface area contributed by atoms with Crippen LogP contribution in [0.25, 0.3) is 0 Å². The zero-order chi connectivity index (χ0) is 20.0. The van der Waals surface area contributed by atoms with E-state index in [4.69, 9.17) is 9.47 Å². The number of rotatable bonds is 9.